The second-order valence-corrected chi connectivity index (χ2v) is 1.96. The van der Waals surface area contributed by atoms with Gasteiger partial charge in [-0.15, -0.1) is 0 Å². The molecule has 0 saturated heterocycles. The molecule has 1 aliphatic carbocycles. The van der Waals surface area contributed by atoms with Crippen LogP contribution >= 0.6 is 0 Å². The van der Waals surface area contributed by atoms with Crippen molar-refractivity contribution in [3.05, 3.63) is 23.6 Å². The summed E-state index contributed by atoms with van der Waals surface area (Å²) in [5.41, 5.74) is 0.677. The predicted molar refractivity (Wildman–Crippen MR) is 32.6 cm³/mol. The number of hydrogen-bond donors (Lipinski definition) is 0. The van der Waals surface area contributed by atoms with Crippen LogP contribution in [-0.4, -0.2) is 6.29 Å². The zero-order valence-electron chi connectivity index (χ0n) is 4.93. The van der Waals surface area contributed by atoms with Crippen LogP contribution in [0.25, 0.3) is 0 Å². The van der Waals surface area contributed by atoms with Crippen LogP contribution < -0.4 is 0 Å². The molecule has 0 unspecified atom stereocenters. The van der Waals surface area contributed by atoms with Gasteiger partial charge in [0.15, 0.2) is 0 Å². The van der Waals surface area contributed by atoms with Crippen molar-refractivity contribution in [2.45, 2.75) is 12.8 Å². The van der Waals surface area contributed by atoms with E-state index in [-0.39, 0.29) is 12.2 Å². The molecular weight excluding hydrogens is 119 g/mol. The SMILES string of the molecule is O=CC1=CCC(F)=CC1. The van der Waals surface area contributed by atoms with E-state index in [4.69, 9.17) is 0 Å². The van der Waals surface area contributed by atoms with Gasteiger partial charge >= 0.3 is 0 Å². The third-order valence-corrected chi connectivity index (χ3v) is 1.27. The highest BCUT2D eigenvalue weighted by atomic mass is 19.1. The van der Waals surface area contributed by atoms with Crippen molar-refractivity contribution in [3.63, 3.8) is 0 Å². The number of carbonyl (C=O) groups is 1. The summed E-state index contributed by atoms with van der Waals surface area (Å²) in [6, 6.07) is 0. The van der Waals surface area contributed by atoms with E-state index in [1.807, 2.05) is 0 Å². The van der Waals surface area contributed by atoms with Gasteiger partial charge in [0.25, 0.3) is 0 Å². The molecule has 0 radical (unpaired) electrons. The molecule has 1 rings (SSSR count). The van der Waals surface area contributed by atoms with Crippen molar-refractivity contribution in [3.8, 4) is 0 Å². The molecule has 1 aliphatic rings. The van der Waals surface area contributed by atoms with Crippen LogP contribution in [0.2, 0.25) is 0 Å². The van der Waals surface area contributed by atoms with Crippen LogP contribution in [0.5, 0.6) is 0 Å². The Morgan fingerprint density at radius 3 is 2.67 bits per heavy atom. The Balaban J connectivity index is 2.58. The summed E-state index contributed by atoms with van der Waals surface area (Å²) in [6.07, 6.45) is 4.55. The lowest BCUT2D eigenvalue weighted by atomic mass is 10.1. The first-order valence-electron chi connectivity index (χ1n) is 2.81. The molecule has 48 valence electrons. The predicted octanol–water partition coefficient (Wildman–Crippen LogP) is 1.76. The minimum atomic E-state index is -0.138. The molecule has 0 amide bonds. The average Bonchev–Trinajstić information content (AvgIpc) is 1.90. The van der Waals surface area contributed by atoms with E-state index in [2.05, 4.69) is 0 Å². The fraction of sp³-hybridized carbons (Fsp3) is 0.286. The highest BCUT2D eigenvalue weighted by Gasteiger charge is 2.01. The van der Waals surface area contributed by atoms with Crippen LogP contribution in [-0.2, 0) is 4.79 Å². The van der Waals surface area contributed by atoms with Crippen LogP contribution in [0.3, 0.4) is 0 Å². The van der Waals surface area contributed by atoms with Crippen molar-refractivity contribution >= 4 is 6.29 Å². The zero-order chi connectivity index (χ0) is 6.69. The van der Waals surface area contributed by atoms with Crippen LogP contribution in [0.15, 0.2) is 23.6 Å². The quantitative estimate of drug-likeness (QED) is 0.489. The smallest absolute Gasteiger partial charge is 0.146 e. The topological polar surface area (TPSA) is 17.1 Å². The Morgan fingerprint density at radius 2 is 2.22 bits per heavy atom. The molecule has 0 bridgehead atoms. The van der Waals surface area contributed by atoms with Crippen LogP contribution in [0.1, 0.15) is 12.8 Å². The van der Waals surface area contributed by atoms with E-state index in [0.29, 0.717) is 12.0 Å². The third kappa shape index (κ3) is 1.49. The second kappa shape index (κ2) is 2.58. The summed E-state index contributed by atoms with van der Waals surface area (Å²) in [6.45, 7) is 0. The van der Waals surface area contributed by atoms with Gasteiger partial charge in [0.1, 0.15) is 12.1 Å². The maximum absolute atomic E-state index is 12.2. The third-order valence-electron chi connectivity index (χ3n) is 1.27. The summed E-state index contributed by atoms with van der Waals surface area (Å²) in [4.78, 5) is 10.0. The van der Waals surface area contributed by atoms with Gasteiger partial charge in [-0.2, -0.15) is 0 Å². The number of hydrogen-bond acceptors (Lipinski definition) is 1. The summed E-state index contributed by atoms with van der Waals surface area (Å²) in [5, 5.41) is 0. The lowest BCUT2D eigenvalue weighted by Gasteiger charge is -2.00. The Kier molecular flexibility index (Phi) is 1.78. The van der Waals surface area contributed by atoms with Gasteiger partial charge in [-0.1, -0.05) is 6.08 Å². The van der Waals surface area contributed by atoms with Crippen molar-refractivity contribution in [1.82, 2.24) is 0 Å². The minimum absolute atomic E-state index is 0.138. The fourth-order valence-corrected chi connectivity index (χ4v) is 0.720. The number of rotatable bonds is 1. The lowest BCUT2D eigenvalue weighted by Crippen LogP contribution is -1.89. The van der Waals surface area contributed by atoms with Crippen LogP contribution in [0, 0.1) is 0 Å². The van der Waals surface area contributed by atoms with Crippen molar-refractivity contribution < 1.29 is 9.18 Å². The van der Waals surface area contributed by atoms with Gasteiger partial charge in [0.2, 0.25) is 0 Å². The second-order valence-electron chi connectivity index (χ2n) is 1.96. The highest BCUT2D eigenvalue weighted by molar-refractivity contribution is 5.74. The molecule has 0 N–H and O–H groups in total. The number of allylic oxidation sites excluding steroid dienone is 4. The highest BCUT2D eigenvalue weighted by Crippen LogP contribution is 2.15. The first kappa shape index (κ1) is 6.20. The van der Waals surface area contributed by atoms with E-state index >= 15 is 0 Å². The van der Waals surface area contributed by atoms with Gasteiger partial charge in [-0.3, -0.25) is 4.79 Å². The van der Waals surface area contributed by atoms with Crippen molar-refractivity contribution in [1.29, 1.82) is 0 Å². The molecule has 0 aromatic carbocycles. The van der Waals surface area contributed by atoms with Gasteiger partial charge in [-0.25, -0.2) is 4.39 Å². The Labute approximate surface area is 52.9 Å². The molecule has 0 spiro atoms. The zero-order valence-corrected chi connectivity index (χ0v) is 4.93. The Hall–Kier alpha value is -0.920. The minimum Gasteiger partial charge on any atom is -0.298 e. The van der Waals surface area contributed by atoms with E-state index in [0.717, 1.165) is 6.29 Å². The van der Waals surface area contributed by atoms with E-state index in [1.54, 1.807) is 6.08 Å². The molecule has 2 heteroatoms. The molecule has 1 nitrogen and oxygen atoms in total. The fourth-order valence-electron chi connectivity index (χ4n) is 0.720. The summed E-state index contributed by atoms with van der Waals surface area (Å²) >= 11 is 0. The van der Waals surface area contributed by atoms with Crippen molar-refractivity contribution in [2.24, 2.45) is 0 Å². The number of aldehydes is 1. The average molecular weight is 126 g/mol. The van der Waals surface area contributed by atoms with Crippen molar-refractivity contribution in [2.75, 3.05) is 0 Å². The standard InChI is InChI=1S/C7H7FO/c8-7-3-1-6(5-9)2-4-7/h1,4-5H,2-3H2. The van der Waals surface area contributed by atoms with Gasteiger partial charge < -0.3 is 0 Å². The maximum atomic E-state index is 12.2. The van der Waals surface area contributed by atoms with E-state index < -0.39 is 0 Å². The molecular formula is C7H7FO. The van der Waals surface area contributed by atoms with E-state index in [1.165, 1.54) is 6.08 Å². The summed E-state index contributed by atoms with van der Waals surface area (Å²) in [5.74, 6) is -0.138. The largest absolute Gasteiger partial charge is 0.298 e. The molecule has 0 heterocycles. The number of halogens is 1. The molecule has 0 atom stereocenters. The van der Waals surface area contributed by atoms with Gasteiger partial charge in [-0.05, 0) is 18.1 Å². The van der Waals surface area contributed by atoms with Gasteiger partial charge in [0, 0.05) is 6.42 Å². The molecule has 0 aliphatic heterocycles. The summed E-state index contributed by atoms with van der Waals surface area (Å²) < 4.78 is 12.2. The Bertz CT molecular complexity index is 179. The molecule has 0 saturated carbocycles. The number of carbonyl (C=O) groups excluding carboxylic acids is 1. The van der Waals surface area contributed by atoms with Gasteiger partial charge in [0.05, 0.1) is 0 Å². The monoisotopic (exact) mass is 126 g/mol. The van der Waals surface area contributed by atoms with Crippen LogP contribution in [0.4, 0.5) is 4.39 Å². The summed E-state index contributed by atoms with van der Waals surface area (Å²) in [7, 11) is 0. The molecule has 0 fully saturated rings. The first-order valence-corrected chi connectivity index (χ1v) is 2.81. The lowest BCUT2D eigenvalue weighted by molar-refractivity contribution is -0.105. The normalized spacial score (nSPS) is 18.3. The van der Waals surface area contributed by atoms with E-state index in [9.17, 15) is 9.18 Å². The molecule has 9 heavy (non-hydrogen) atoms. The Morgan fingerprint density at radius 1 is 1.44 bits per heavy atom. The molecule has 0 aromatic heterocycles. The first-order chi connectivity index (χ1) is 4.33. The maximum Gasteiger partial charge on any atom is 0.146 e. The molecule has 0 aromatic rings.